The summed E-state index contributed by atoms with van der Waals surface area (Å²) in [6.45, 7) is 5.86. The van der Waals surface area contributed by atoms with E-state index in [1.165, 1.54) is 0 Å². The highest BCUT2D eigenvalue weighted by Crippen LogP contribution is 2.38. The lowest BCUT2D eigenvalue weighted by Crippen LogP contribution is -2.39. The molecule has 1 fully saturated rings. The van der Waals surface area contributed by atoms with E-state index in [1.54, 1.807) is 18.6 Å². The molecule has 0 radical (unpaired) electrons. The zero-order valence-corrected chi connectivity index (χ0v) is 19.3. The van der Waals surface area contributed by atoms with Gasteiger partial charge in [0.1, 0.15) is 5.82 Å². The number of aryl methyl sites for hydroxylation is 1. The fraction of sp³-hybridized carbons (Fsp3) is 0.333. The Bertz CT molecular complexity index is 1210. The number of halogens is 1. The quantitative estimate of drug-likeness (QED) is 0.588. The minimum absolute atomic E-state index is 0.202. The fourth-order valence-electron chi connectivity index (χ4n) is 4.27. The molecule has 0 spiro atoms. The summed E-state index contributed by atoms with van der Waals surface area (Å²) in [6.07, 6.45) is 7.05. The zero-order chi connectivity index (χ0) is 22.9. The minimum Gasteiger partial charge on any atom is -0.379 e. The van der Waals surface area contributed by atoms with Gasteiger partial charge in [-0.15, -0.1) is 0 Å². The lowest BCUT2D eigenvalue weighted by atomic mass is 9.96. The number of likely N-dealkylation sites (N-methyl/N-ethyl adjacent to an activating group) is 1. The maximum Gasteiger partial charge on any atom is 0.224 e. The van der Waals surface area contributed by atoms with Gasteiger partial charge in [0.25, 0.3) is 0 Å². The first-order valence-corrected chi connectivity index (χ1v) is 11.4. The molecule has 9 heteroatoms. The first kappa shape index (κ1) is 21.8. The lowest BCUT2D eigenvalue weighted by molar-refractivity contribution is 0.195. The molecule has 1 saturated heterocycles. The predicted octanol–water partition coefficient (Wildman–Crippen LogP) is 3.80. The minimum atomic E-state index is -0.887. The van der Waals surface area contributed by atoms with Gasteiger partial charge in [-0.05, 0) is 32.4 Å². The second kappa shape index (κ2) is 9.05. The van der Waals surface area contributed by atoms with Gasteiger partial charge in [0, 0.05) is 59.0 Å². The Morgan fingerprint density at radius 2 is 2.09 bits per heavy atom. The molecule has 170 valence electrons. The molecule has 2 N–H and O–H groups in total. The Balaban J connectivity index is 1.50. The van der Waals surface area contributed by atoms with Crippen LogP contribution in [0.15, 0.2) is 36.8 Å². The highest BCUT2D eigenvalue weighted by molar-refractivity contribution is 6.33. The molecular formula is C24H25ClN6O2. The molecule has 1 aromatic carbocycles. The van der Waals surface area contributed by atoms with Crippen LogP contribution < -0.4 is 10.2 Å². The average molecular weight is 465 g/mol. The van der Waals surface area contributed by atoms with Gasteiger partial charge in [0.15, 0.2) is 6.23 Å². The van der Waals surface area contributed by atoms with Crippen molar-refractivity contribution in [3.63, 3.8) is 0 Å². The van der Waals surface area contributed by atoms with E-state index in [1.807, 2.05) is 43.0 Å². The molecule has 2 unspecified atom stereocenters. The number of rotatable bonds is 5. The Morgan fingerprint density at radius 1 is 1.24 bits per heavy atom. The molecular weight excluding hydrogens is 440 g/mol. The Hall–Kier alpha value is -3.07. The second-order valence-electron chi connectivity index (χ2n) is 8.12. The fourth-order valence-corrected chi connectivity index (χ4v) is 4.56. The summed E-state index contributed by atoms with van der Waals surface area (Å²) >= 11 is 6.70. The van der Waals surface area contributed by atoms with Gasteiger partial charge in [-0.25, -0.2) is 4.98 Å². The van der Waals surface area contributed by atoms with Crippen molar-refractivity contribution in [3.8, 4) is 11.3 Å². The Labute approximate surface area is 197 Å². The van der Waals surface area contributed by atoms with E-state index in [9.17, 15) is 5.11 Å². The van der Waals surface area contributed by atoms with E-state index >= 15 is 0 Å². The van der Waals surface area contributed by atoms with E-state index in [0.29, 0.717) is 35.5 Å². The Morgan fingerprint density at radius 3 is 2.82 bits per heavy atom. The van der Waals surface area contributed by atoms with Crippen LogP contribution in [0.4, 0.5) is 11.8 Å². The van der Waals surface area contributed by atoms with Crippen molar-refractivity contribution >= 4 is 35.0 Å². The van der Waals surface area contributed by atoms with Crippen molar-refractivity contribution < 1.29 is 9.84 Å². The van der Waals surface area contributed by atoms with Crippen molar-refractivity contribution in [3.05, 3.63) is 58.6 Å². The van der Waals surface area contributed by atoms with E-state index in [-0.39, 0.29) is 6.04 Å². The number of aliphatic hydroxyl groups excluding tert-OH is 1. The van der Waals surface area contributed by atoms with E-state index in [2.05, 4.69) is 25.3 Å². The molecule has 0 aliphatic carbocycles. The van der Waals surface area contributed by atoms with Crippen molar-refractivity contribution in [1.29, 1.82) is 0 Å². The third-order valence-electron chi connectivity index (χ3n) is 5.99. The maximum atomic E-state index is 11.2. The highest BCUT2D eigenvalue weighted by Gasteiger charge is 2.30. The van der Waals surface area contributed by atoms with E-state index < -0.39 is 6.23 Å². The Kier molecular flexibility index (Phi) is 5.97. The number of ether oxygens (including phenoxy) is 1. The number of aliphatic hydroxyl groups is 1. The first-order chi connectivity index (χ1) is 16.0. The van der Waals surface area contributed by atoms with E-state index in [0.717, 1.165) is 41.1 Å². The lowest BCUT2D eigenvalue weighted by Gasteiger charge is -2.34. The SMILES string of the molecule is CCN1c2nc(NC3CCOC3)ncc2C=C(c2ccc(-c3nccnc3C)cc2Cl)C1O. The largest absolute Gasteiger partial charge is 0.379 e. The van der Waals surface area contributed by atoms with Crippen LogP contribution in [0, 0.1) is 6.92 Å². The number of hydrogen-bond donors (Lipinski definition) is 2. The van der Waals surface area contributed by atoms with Gasteiger partial charge in [0.2, 0.25) is 5.95 Å². The normalized spacial score (nSPS) is 19.9. The van der Waals surface area contributed by atoms with Crippen LogP contribution in [-0.2, 0) is 4.74 Å². The molecule has 33 heavy (non-hydrogen) atoms. The molecule has 0 bridgehead atoms. The summed E-state index contributed by atoms with van der Waals surface area (Å²) < 4.78 is 5.42. The molecule has 8 nitrogen and oxygen atoms in total. The molecule has 2 aromatic heterocycles. The predicted molar refractivity (Wildman–Crippen MR) is 129 cm³/mol. The summed E-state index contributed by atoms with van der Waals surface area (Å²) in [5, 5.41) is 15.1. The van der Waals surface area contributed by atoms with Gasteiger partial charge in [-0.2, -0.15) is 4.98 Å². The summed E-state index contributed by atoms with van der Waals surface area (Å²) in [7, 11) is 0. The van der Waals surface area contributed by atoms with Crippen LogP contribution in [0.2, 0.25) is 5.02 Å². The number of nitrogens with zero attached hydrogens (tertiary/aromatic N) is 5. The molecule has 0 saturated carbocycles. The molecule has 2 aliphatic rings. The molecule has 0 amide bonds. The third-order valence-corrected chi connectivity index (χ3v) is 6.30. The number of fused-ring (bicyclic) bond motifs is 1. The smallest absolute Gasteiger partial charge is 0.224 e. The van der Waals surface area contributed by atoms with Crippen LogP contribution >= 0.6 is 11.6 Å². The molecule has 3 aromatic rings. The summed E-state index contributed by atoms with van der Waals surface area (Å²) in [6, 6.07) is 5.93. The average Bonchev–Trinajstić information content (AvgIpc) is 3.32. The summed E-state index contributed by atoms with van der Waals surface area (Å²) in [5.74, 6) is 1.22. The van der Waals surface area contributed by atoms with Crippen LogP contribution in [0.25, 0.3) is 22.9 Å². The molecule has 4 heterocycles. The van der Waals surface area contributed by atoms with Gasteiger partial charge in [-0.3, -0.25) is 9.97 Å². The van der Waals surface area contributed by atoms with Gasteiger partial charge >= 0.3 is 0 Å². The topological polar surface area (TPSA) is 96.3 Å². The molecule has 5 rings (SSSR count). The van der Waals surface area contributed by atoms with Gasteiger partial charge < -0.3 is 20.1 Å². The summed E-state index contributed by atoms with van der Waals surface area (Å²) in [5.41, 5.74) is 4.77. The maximum absolute atomic E-state index is 11.2. The van der Waals surface area contributed by atoms with Crippen molar-refractivity contribution in [2.45, 2.75) is 32.5 Å². The number of hydrogen-bond acceptors (Lipinski definition) is 8. The van der Waals surface area contributed by atoms with Gasteiger partial charge in [-0.1, -0.05) is 23.7 Å². The third kappa shape index (κ3) is 4.17. The van der Waals surface area contributed by atoms with Crippen molar-refractivity contribution in [2.24, 2.45) is 0 Å². The van der Waals surface area contributed by atoms with Crippen LogP contribution in [0.1, 0.15) is 30.2 Å². The van der Waals surface area contributed by atoms with Crippen LogP contribution in [0.3, 0.4) is 0 Å². The first-order valence-electron chi connectivity index (χ1n) is 11.0. The summed E-state index contributed by atoms with van der Waals surface area (Å²) in [4.78, 5) is 19.7. The standard InChI is InChI=1S/C24H25ClN6O2/c1-3-31-22-16(12-28-24(30-22)29-17-6-9-33-13-17)10-19(23(31)32)18-5-4-15(11-20(18)25)21-14(2)26-7-8-27-21/h4-5,7-8,10-12,17,23,32H,3,6,9,13H2,1-2H3,(H,28,29,30). The number of aromatic nitrogens is 4. The van der Waals surface area contributed by atoms with E-state index in [4.69, 9.17) is 16.3 Å². The molecule has 2 aliphatic heterocycles. The monoisotopic (exact) mass is 464 g/mol. The number of nitrogens with one attached hydrogen (secondary N) is 1. The van der Waals surface area contributed by atoms with Crippen LogP contribution in [0.5, 0.6) is 0 Å². The second-order valence-corrected chi connectivity index (χ2v) is 8.53. The van der Waals surface area contributed by atoms with Gasteiger partial charge in [0.05, 0.1) is 24.0 Å². The van der Waals surface area contributed by atoms with Crippen LogP contribution in [-0.4, -0.2) is 57.1 Å². The molecule has 2 atom stereocenters. The van der Waals surface area contributed by atoms with Crippen molar-refractivity contribution in [1.82, 2.24) is 19.9 Å². The number of benzene rings is 1. The number of anilines is 2. The zero-order valence-electron chi connectivity index (χ0n) is 18.5. The highest BCUT2D eigenvalue weighted by atomic mass is 35.5. The van der Waals surface area contributed by atoms with Crippen molar-refractivity contribution in [2.75, 3.05) is 30.0 Å².